The molecular formula is C15H18NO3P. The molecule has 106 valence electrons. The highest BCUT2D eigenvalue weighted by Crippen LogP contribution is 2.25. The van der Waals surface area contributed by atoms with E-state index in [-0.39, 0.29) is 33.0 Å². The molecule has 0 spiro atoms. The number of carbonyl (C=O) groups is 1. The van der Waals surface area contributed by atoms with Gasteiger partial charge in [-0.15, -0.1) is 0 Å². The summed E-state index contributed by atoms with van der Waals surface area (Å²) < 4.78 is 10.3. The molecule has 5 heteroatoms. The topological polar surface area (TPSA) is 66.7 Å². The minimum atomic E-state index is -0.0822. The van der Waals surface area contributed by atoms with E-state index in [2.05, 4.69) is 11.6 Å². The number of nitrogens with zero attached hydrogens (tertiary/aromatic N) is 1. The first-order valence-electron chi connectivity index (χ1n) is 6.37. The summed E-state index contributed by atoms with van der Waals surface area (Å²) in [5.41, 5.74) is 2.15. The van der Waals surface area contributed by atoms with Crippen LogP contribution in [0.4, 0.5) is 0 Å². The van der Waals surface area contributed by atoms with Crippen molar-refractivity contribution in [3.63, 3.8) is 0 Å². The SMILES string of the molecule is C=C/C(=C\C=C/C)C1=NC(O)=C(CC(=O)CCP=O)C1. The molecule has 0 unspecified atom stereocenters. The second-order valence-corrected chi connectivity index (χ2v) is 5.04. The molecule has 0 bridgehead atoms. The standard InChI is InChI=1S/C15H18NO3P/c1-3-5-6-11(4-2)14-10-12(15(18)16-14)9-13(17)7-8-20-19/h3-6,18H,2,7-10H2,1H3/b5-3-,11-6+. The molecular weight excluding hydrogens is 273 g/mol. The van der Waals surface area contributed by atoms with E-state index in [4.69, 9.17) is 0 Å². The fraction of sp³-hybridized carbons (Fsp3) is 0.333. The van der Waals surface area contributed by atoms with Gasteiger partial charge in [0.15, 0.2) is 8.46 Å². The number of carbonyl (C=O) groups excluding carboxylic acids is 1. The summed E-state index contributed by atoms with van der Waals surface area (Å²) in [6.07, 6.45) is 8.46. The normalized spacial score (nSPS) is 16.1. The lowest BCUT2D eigenvalue weighted by molar-refractivity contribution is -0.118. The molecule has 0 radical (unpaired) electrons. The average Bonchev–Trinajstić information content (AvgIpc) is 2.78. The monoisotopic (exact) mass is 291 g/mol. The molecule has 1 aliphatic rings. The second kappa shape index (κ2) is 8.39. The van der Waals surface area contributed by atoms with Crippen molar-refractivity contribution in [2.75, 3.05) is 6.16 Å². The average molecular weight is 291 g/mol. The van der Waals surface area contributed by atoms with Crippen LogP contribution in [0, 0.1) is 0 Å². The van der Waals surface area contributed by atoms with Crippen molar-refractivity contribution in [3.8, 4) is 0 Å². The van der Waals surface area contributed by atoms with Crippen LogP contribution in [-0.2, 0) is 9.36 Å². The lowest BCUT2D eigenvalue weighted by atomic mass is 10.00. The molecule has 1 rings (SSSR count). The first-order chi connectivity index (χ1) is 9.62. The van der Waals surface area contributed by atoms with Gasteiger partial charge in [-0.05, 0) is 12.5 Å². The quantitative estimate of drug-likeness (QED) is 0.544. The highest BCUT2D eigenvalue weighted by Gasteiger charge is 2.21. The van der Waals surface area contributed by atoms with Crippen LogP contribution in [0.15, 0.2) is 52.9 Å². The Morgan fingerprint density at radius 3 is 2.90 bits per heavy atom. The van der Waals surface area contributed by atoms with Gasteiger partial charge in [0.1, 0.15) is 5.78 Å². The molecule has 0 saturated heterocycles. The van der Waals surface area contributed by atoms with Gasteiger partial charge in [0.05, 0.1) is 5.71 Å². The molecule has 4 nitrogen and oxygen atoms in total. The Balaban J connectivity index is 2.70. The van der Waals surface area contributed by atoms with E-state index in [9.17, 15) is 14.5 Å². The van der Waals surface area contributed by atoms with Crippen LogP contribution in [-0.4, -0.2) is 22.8 Å². The van der Waals surface area contributed by atoms with Crippen molar-refractivity contribution in [1.29, 1.82) is 0 Å². The maximum atomic E-state index is 11.6. The molecule has 1 heterocycles. The van der Waals surface area contributed by atoms with E-state index in [1.165, 1.54) is 0 Å². The van der Waals surface area contributed by atoms with Gasteiger partial charge in [0.2, 0.25) is 5.88 Å². The van der Waals surface area contributed by atoms with Crippen LogP contribution >= 0.6 is 8.46 Å². The molecule has 1 N–H and O–H groups in total. The van der Waals surface area contributed by atoms with Crippen LogP contribution in [0.5, 0.6) is 0 Å². The van der Waals surface area contributed by atoms with Gasteiger partial charge in [0, 0.05) is 31.0 Å². The van der Waals surface area contributed by atoms with Crippen LogP contribution in [0.2, 0.25) is 0 Å². The van der Waals surface area contributed by atoms with E-state index < -0.39 is 0 Å². The summed E-state index contributed by atoms with van der Waals surface area (Å²) in [5, 5.41) is 9.80. The minimum Gasteiger partial charge on any atom is -0.493 e. The van der Waals surface area contributed by atoms with E-state index in [1.54, 1.807) is 6.08 Å². The molecule has 0 aromatic carbocycles. The highest BCUT2D eigenvalue weighted by molar-refractivity contribution is 7.23. The Morgan fingerprint density at radius 2 is 2.30 bits per heavy atom. The van der Waals surface area contributed by atoms with Gasteiger partial charge in [0.25, 0.3) is 0 Å². The molecule has 0 aliphatic carbocycles. The second-order valence-electron chi connectivity index (χ2n) is 4.33. The lowest BCUT2D eigenvalue weighted by Crippen LogP contribution is -2.04. The van der Waals surface area contributed by atoms with Crippen molar-refractivity contribution in [2.45, 2.75) is 26.2 Å². The Labute approximate surface area is 120 Å². The van der Waals surface area contributed by atoms with Crippen molar-refractivity contribution in [2.24, 2.45) is 4.99 Å². The zero-order chi connectivity index (χ0) is 15.0. The molecule has 0 amide bonds. The fourth-order valence-corrected chi connectivity index (χ4v) is 2.16. The van der Waals surface area contributed by atoms with Crippen molar-refractivity contribution < 1.29 is 14.5 Å². The molecule has 0 atom stereocenters. The predicted octanol–water partition coefficient (Wildman–Crippen LogP) is 3.93. The van der Waals surface area contributed by atoms with Gasteiger partial charge >= 0.3 is 0 Å². The third-order valence-corrected chi connectivity index (χ3v) is 3.26. The Bertz CT molecular complexity index is 527. The van der Waals surface area contributed by atoms with Gasteiger partial charge < -0.3 is 5.11 Å². The molecule has 1 aliphatic heterocycles. The molecule has 20 heavy (non-hydrogen) atoms. The van der Waals surface area contributed by atoms with Crippen molar-refractivity contribution >= 4 is 20.0 Å². The number of aliphatic imine (C=N–C) groups is 1. The summed E-state index contributed by atoms with van der Waals surface area (Å²) >= 11 is 0. The molecule has 0 aromatic rings. The van der Waals surface area contributed by atoms with Crippen LogP contribution < -0.4 is 0 Å². The molecule has 0 fully saturated rings. The van der Waals surface area contributed by atoms with Gasteiger partial charge in [-0.25, -0.2) is 4.99 Å². The Kier molecular flexibility index (Phi) is 6.82. The summed E-state index contributed by atoms with van der Waals surface area (Å²) in [6, 6.07) is 0. The number of rotatable bonds is 8. The number of hydrogen-bond donors (Lipinski definition) is 1. The summed E-state index contributed by atoms with van der Waals surface area (Å²) in [7, 11) is -0.0303. The third-order valence-electron chi connectivity index (χ3n) is 2.85. The summed E-state index contributed by atoms with van der Waals surface area (Å²) in [4.78, 5) is 15.7. The zero-order valence-corrected chi connectivity index (χ0v) is 12.4. The van der Waals surface area contributed by atoms with Crippen molar-refractivity contribution in [1.82, 2.24) is 0 Å². The van der Waals surface area contributed by atoms with E-state index in [0.717, 1.165) is 5.57 Å². The maximum Gasteiger partial charge on any atom is 0.210 e. The van der Waals surface area contributed by atoms with Gasteiger partial charge in [-0.3, -0.25) is 9.36 Å². The number of aliphatic hydroxyl groups is 1. The largest absolute Gasteiger partial charge is 0.493 e. The highest BCUT2D eigenvalue weighted by atomic mass is 31.1. The van der Waals surface area contributed by atoms with Gasteiger partial charge in [-0.1, -0.05) is 30.9 Å². The smallest absolute Gasteiger partial charge is 0.210 e. The zero-order valence-electron chi connectivity index (χ0n) is 11.5. The number of aliphatic hydroxyl groups excluding tert-OH is 1. The Hall–Kier alpha value is -1.80. The number of allylic oxidation sites excluding steroid dienone is 6. The van der Waals surface area contributed by atoms with Crippen LogP contribution in [0.25, 0.3) is 0 Å². The molecule has 0 aromatic heterocycles. The predicted molar refractivity (Wildman–Crippen MR) is 81.5 cm³/mol. The van der Waals surface area contributed by atoms with Crippen LogP contribution in [0.3, 0.4) is 0 Å². The first kappa shape index (κ1) is 16.3. The summed E-state index contributed by atoms with van der Waals surface area (Å²) in [6.45, 7) is 5.63. The molecule has 0 saturated carbocycles. The van der Waals surface area contributed by atoms with E-state index >= 15 is 0 Å². The number of ketones is 1. The van der Waals surface area contributed by atoms with Crippen molar-refractivity contribution in [3.05, 3.63) is 47.9 Å². The Morgan fingerprint density at radius 1 is 1.55 bits per heavy atom. The van der Waals surface area contributed by atoms with E-state index in [0.29, 0.717) is 23.9 Å². The minimum absolute atomic E-state index is 0.0303. The number of hydrogen-bond acceptors (Lipinski definition) is 4. The summed E-state index contributed by atoms with van der Waals surface area (Å²) in [5.74, 6) is -0.120. The van der Waals surface area contributed by atoms with Crippen LogP contribution in [0.1, 0.15) is 26.2 Å². The lowest BCUT2D eigenvalue weighted by Gasteiger charge is -2.02. The first-order valence-corrected chi connectivity index (χ1v) is 7.37. The van der Waals surface area contributed by atoms with E-state index in [1.807, 2.05) is 25.2 Å². The third kappa shape index (κ3) is 4.71. The maximum absolute atomic E-state index is 11.6. The van der Waals surface area contributed by atoms with Gasteiger partial charge in [-0.2, -0.15) is 0 Å². The fourth-order valence-electron chi connectivity index (χ4n) is 1.81. The number of Topliss-reactive ketones (excluding diaryl/α,β-unsaturated/α-hetero) is 1.